The van der Waals surface area contributed by atoms with Gasteiger partial charge in [0.15, 0.2) is 11.5 Å². The lowest BCUT2D eigenvalue weighted by Gasteiger charge is -2.09. The molecule has 1 aromatic heterocycles. The molecule has 3 aromatic rings. The second kappa shape index (κ2) is 6.76. The summed E-state index contributed by atoms with van der Waals surface area (Å²) < 4.78 is 10.5. The number of rotatable bonds is 4. The molecular weight excluding hydrogens is 330 g/mol. The Morgan fingerprint density at radius 1 is 1.00 bits per heavy atom. The van der Waals surface area contributed by atoms with E-state index in [1.54, 1.807) is 30.5 Å². The van der Waals surface area contributed by atoms with Crippen LogP contribution in [0.1, 0.15) is 15.9 Å². The molecule has 4 rings (SSSR count). The van der Waals surface area contributed by atoms with Crippen LogP contribution < -0.4 is 20.1 Å². The molecule has 2 N–H and O–H groups in total. The third-order valence-corrected chi connectivity index (χ3v) is 3.95. The van der Waals surface area contributed by atoms with E-state index in [1.807, 2.05) is 37.3 Å². The number of hydrogen-bond acceptors (Lipinski definition) is 5. The number of carbonyl (C=O) groups excluding carboxylic acids is 1. The molecule has 2 heterocycles. The monoisotopic (exact) mass is 347 g/mol. The van der Waals surface area contributed by atoms with Gasteiger partial charge in [-0.1, -0.05) is 12.1 Å². The molecule has 1 aliphatic rings. The van der Waals surface area contributed by atoms with E-state index in [9.17, 15) is 4.79 Å². The molecule has 6 heteroatoms. The molecule has 0 spiro atoms. The van der Waals surface area contributed by atoms with Crippen LogP contribution in [0, 0.1) is 6.92 Å². The molecule has 2 aromatic carbocycles. The molecule has 0 saturated heterocycles. The van der Waals surface area contributed by atoms with Crippen LogP contribution in [0.25, 0.3) is 0 Å². The SMILES string of the molecule is Cc1cccc(Nc2ccc(NC(=O)c3ccc4c(c3)OCO4)cn2)c1. The summed E-state index contributed by atoms with van der Waals surface area (Å²) in [4.78, 5) is 16.7. The second-order valence-electron chi connectivity index (χ2n) is 5.95. The summed E-state index contributed by atoms with van der Waals surface area (Å²) >= 11 is 0. The third-order valence-electron chi connectivity index (χ3n) is 3.95. The van der Waals surface area contributed by atoms with Crippen molar-refractivity contribution in [1.29, 1.82) is 0 Å². The molecule has 26 heavy (non-hydrogen) atoms. The van der Waals surface area contributed by atoms with Crippen LogP contribution in [0.15, 0.2) is 60.8 Å². The average molecular weight is 347 g/mol. The highest BCUT2D eigenvalue weighted by molar-refractivity contribution is 6.04. The minimum Gasteiger partial charge on any atom is -0.454 e. The number of carbonyl (C=O) groups is 1. The number of pyridine rings is 1. The smallest absolute Gasteiger partial charge is 0.255 e. The zero-order chi connectivity index (χ0) is 17.9. The largest absolute Gasteiger partial charge is 0.454 e. The summed E-state index contributed by atoms with van der Waals surface area (Å²) in [6.07, 6.45) is 1.61. The second-order valence-corrected chi connectivity index (χ2v) is 5.95. The van der Waals surface area contributed by atoms with Gasteiger partial charge in [0.25, 0.3) is 5.91 Å². The van der Waals surface area contributed by atoms with Gasteiger partial charge in [0, 0.05) is 11.3 Å². The van der Waals surface area contributed by atoms with Crippen LogP contribution in [0.3, 0.4) is 0 Å². The molecular formula is C20H17N3O3. The lowest BCUT2D eigenvalue weighted by Crippen LogP contribution is -2.12. The number of fused-ring (bicyclic) bond motifs is 1. The van der Waals surface area contributed by atoms with Crippen LogP contribution in [0.5, 0.6) is 11.5 Å². The molecule has 1 aliphatic heterocycles. The van der Waals surface area contributed by atoms with Crippen molar-refractivity contribution < 1.29 is 14.3 Å². The molecule has 0 unspecified atom stereocenters. The molecule has 130 valence electrons. The van der Waals surface area contributed by atoms with Crippen molar-refractivity contribution in [1.82, 2.24) is 4.98 Å². The van der Waals surface area contributed by atoms with Crippen LogP contribution in [-0.4, -0.2) is 17.7 Å². The van der Waals surface area contributed by atoms with Crippen molar-refractivity contribution >= 4 is 23.1 Å². The number of anilines is 3. The Bertz CT molecular complexity index is 955. The van der Waals surface area contributed by atoms with Crippen LogP contribution in [0.2, 0.25) is 0 Å². The predicted molar refractivity (Wildman–Crippen MR) is 99.2 cm³/mol. The van der Waals surface area contributed by atoms with Crippen LogP contribution in [-0.2, 0) is 0 Å². The van der Waals surface area contributed by atoms with Gasteiger partial charge in [0.2, 0.25) is 6.79 Å². The van der Waals surface area contributed by atoms with Gasteiger partial charge in [-0.05, 0) is 55.0 Å². The summed E-state index contributed by atoms with van der Waals surface area (Å²) in [7, 11) is 0. The Morgan fingerprint density at radius 3 is 2.69 bits per heavy atom. The van der Waals surface area contributed by atoms with Crippen molar-refractivity contribution in [3.05, 3.63) is 71.9 Å². The van der Waals surface area contributed by atoms with E-state index in [0.29, 0.717) is 28.6 Å². The molecule has 0 radical (unpaired) electrons. The first kappa shape index (κ1) is 16.0. The number of benzene rings is 2. The summed E-state index contributed by atoms with van der Waals surface area (Å²) in [5, 5.41) is 6.05. The topological polar surface area (TPSA) is 72.5 Å². The van der Waals surface area contributed by atoms with Crippen molar-refractivity contribution in [3.63, 3.8) is 0 Å². The van der Waals surface area contributed by atoms with E-state index in [4.69, 9.17) is 9.47 Å². The zero-order valence-electron chi connectivity index (χ0n) is 14.2. The van der Waals surface area contributed by atoms with E-state index in [1.165, 1.54) is 5.56 Å². The van der Waals surface area contributed by atoms with Gasteiger partial charge in [-0.2, -0.15) is 0 Å². The lowest BCUT2D eigenvalue weighted by molar-refractivity contribution is 0.102. The number of nitrogens with zero attached hydrogens (tertiary/aromatic N) is 1. The highest BCUT2D eigenvalue weighted by atomic mass is 16.7. The molecule has 0 atom stereocenters. The van der Waals surface area contributed by atoms with Gasteiger partial charge in [-0.15, -0.1) is 0 Å². The Balaban J connectivity index is 1.43. The summed E-state index contributed by atoms with van der Waals surface area (Å²) in [6, 6.07) is 16.7. The summed E-state index contributed by atoms with van der Waals surface area (Å²) in [5.74, 6) is 1.70. The number of ether oxygens (including phenoxy) is 2. The number of aromatic nitrogens is 1. The molecule has 1 amide bonds. The normalized spacial score (nSPS) is 11.9. The fraction of sp³-hybridized carbons (Fsp3) is 0.100. The maximum absolute atomic E-state index is 12.4. The standard InChI is InChI=1S/C20H17N3O3/c1-13-3-2-4-15(9-13)22-19-8-6-16(11-21-19)23-20(24)14-5-7-17-18(10-14)26-12-25-17/h2-11H,12H2,1H3,(H,21,22)(H,23,24). The molecule has 0 saturated carbocycles. The Labute approximate surface area is 150 Å². The van der Waals surface area contributed by atoms with Crippen LogP contribution >= 0.6 is 0 Å². The molecule has 0 fully saturated rings. The number of amides is 1. The maximum Gasteiger partial charge on any atom is 0.255 e. The molecule has 0 bridgehead atoms. The van der Waals surface area contributed by atoms with E-state index in [2.05, 4.69) is 15.6 Å². The highest BCUT2D eigenvalue weighted by Gasteiger charge is 2.16. The van der Waals surface area contributed by atoms with Gasteiger partial charge in [0.1, 0.15) is 5.82 Å². The maximum atomic E-state index is 12.4. The zero-order valence-corrected chi connectivity index (χ0v) is 14.2. The quantitative estimate of drug-likeness (QED) is 0.743. The first-order chi connectivity index (χ1) is 12.7. The highest BCUT2D eigenvalue weighted by Crippen LogP contribution is 2.32. The van der Waals surface area contributed by atoms with E-state index < -0.39 is 0 Å². The van der Waals surface area contributed by atoms with Gasteiger partial charge in [0.05, 0.1) is 11.9 Å². The summed E-state index contributed by atoms with van der Waals surface area (Å²) in [6.45, 7) is 2.22. The fourth-order valence-corrected chi connectivity index (χ4v) is 2.65. The first-order valence-corrected chi connectivity index (χ1v) is 8.18. The Hall–Kier alpha value is -3.54. The fourth-order valence-electron chi connectivity index (χ4n) is 2.65. The van der Waals surface area contributed by atoms with Crippen LogP contribution in [0.4, 0.5) is 17.2 Å². The Morgan fingerprint density at radius 2 is 1.88 bits per heavy atom. The number of hydrogen-bond donors (Lipinski definition) is 2. The number of nitrogens with one attached hydrogen (secondary N) is 2. The lowest BCUT2D eigenvalue weighted by atomic mass is 10.2. The van der Waals surface area contributed by atoms with E-state index >= 15 is 0 Å². The Kier molecular flexibility index (Phi) is 4.15. The van der Waals surface area contributed by atoms with Crippen molar-refractivity contribution in [2.45, 2.75) is 6.92 Å². The average Bonchev–Trinajstić information content (AvgIpc) is 3.11. The van der Waals surface area contributed by atoms with Gasteiger partial charge >= 0.3 is 0 Å². The van der Waals surface area contributed by atoms with E-state index in [-0.39, 0.29) is 12.7 Å². The van der Waals surface area contributed by atoms with Gasteiger partial charge < -0.3 is 20.1 Å². The van der Waals surface area contributed by atoms with Gasteiger partial charge in [-0.25, -0.2) is 4.98 Å². The number of aryl methyl sites for hydroxylation is 1. The van der Waals surface area contributed by atoms with Gasteiger partial charge in [-0.3, -0.25) is 4.79 Å². The minimum absolute atomic E-state index is 0.180. The van der Waals surface area contributed by atoms with Crippen molar-refractivity contribution in [2.24, 2.45) is 0 Å². The van der Waals surface area contributed by atoms with Crippen molar-refractivity contribution in [2.75, 3.05) is 17.4 Å². The third kappa shape index (κ3) is 3.44. The molecule has 0 aliphatic carbocycles. The minimum atomic E-state index is -0.232. The summed E-state index contributed by atoms with van der Waals surface area (Å²) in [5.41, 5.74) is 3.25. The first-order valence-electron chi connectivity index (χ1n) is 8.18. The van der Waals surface area contributed by atoms with E-state index in [0.717, 1.165) is 5.69 Å². The predicted octanol–water partition coefficient (Wildman–Crippen LogP) is 4.11. The van der Waals surface area contributed by atoms with Crippen molar-refractivity contribution in [3.8, 4) is 11.5 Å². The molecule has 6 nitrogen and oxygen atoms in total.